The van der Waals surface area contributed by atoms with E-state index in [-0.39, 0.29) is 17.5 Å². The van der Waals surface area contributed by atoms with Crippen molar-refractivity contribution in [3.05, 3.63) is 125 Å². The quantitative estimate of drug-likeness (QED) is 0.0843. The molecule has 0 saturated carbocycles. The van der Waals surface area contributed by atoms with E-state index in [0.29, 0.717) is 5.92 Å². The van der Waals surface area contributed by atoms with Gasteiger partial charge >= 0.3 is 0 Å². The van der Waals surface area contributed by atoms with E-state index in [9.17, 15) is 0 Å². The predicted octanol–water partition coefficient (Wildman–Crippen LogP) is 15.5. The fourth-order valence-electron chi connectivity index (χ4n) is 11.6. The number of fused-ring (bicyclic) bond motifs is 10. The summed E-state index contributed by atoms with van der Waals surface area (Å²) in [5.74, 6) is 0.525. The Bertz CT molecular complexity index is 2750. The molecule has 0 fully saturated rings. The zero-order valence-corrected chi connectivity index (χ0v) is 39.5. The normalized spacial score (nSPS) is 16.2. The Morgan fingerprint density at radius 2 is 1.21 bits per heavy atom. The van der Waals surface area contributed by atoms with E-state index in [1.54, 1.807) is 5.56 Å². The summed E-state index contributed by atoms with van der Waals surface area (Å²) in [6.45, 7) is 19.6. The molecule has 0 radical (unpaired) electrons. The lowest BCUT2D eigenvalue weighted by atomic mass is 9.38. The summed E-state index contributed by atoms with van der Waals surface area (Å²) in [7, 11) is 0. The number of hydrogen-bond acceptors (Lipinski definition) is 4. The number of thiophene rings is 2. The molecule has 5 heteroatoms. The van der Waals surface area contributed by atoms with Gasteiger partial charge in [0.15, 0.2) is 0 Å². The summed E-state index contributed by atoms with van der Waals surface area (Å²) >= 11 is 4.11. The molecule has 10 rings (SSSR count). The van der Waals surface area contributed by atoms with Crippen molar-refractivity contribution in [2.45, 2.75) is 143 Å². The maximum atomic E-state index is 2.75. The summed E-state index contributed by atoms with van der Waals surface area (Å²) in [6, 6.07) is 38.7. The van der Waals surface area contributed by atoms with E-state index in [0.717, 1.165) is 19.3 Å². The molecule has 0 bridgehead atoms. The highest BCUT2D eigenvalue weighted by atomic mass is 32.1. The fourth-order valence-corrected chi connectivity index (χ4v) is 14.3. The second-order valence-corrected chi connectivity index (χ2v) is 22.1. The molecule has 3 aliphatic rings. The van der Waals surface area contributed by atoms with Gasteiger partial charge in [-0.25, -0.2) is 0 Å². The summed E-state index contributed by atoms with van der Waals surface area (Å²) in [5.41, 5.74) is 17.0. The number of rotatable bonds is 13. The van der Waals surface area contributed by atoms with Crippen LogP contribution in [-0.2, 0) is 23.7 Å². The third kappa shape index (κ3) is 6.71. The lowest BCUT2D eigenvalue weighted by Gasteiger charge is -2.44. The summed E-state index contributed by atoms with van der Waals surface area (Å²) in [5, 5.41) is 2.82. The van der Waals surface area contributed by atoms with Crippen LogP contribution in [-0.4, -0.2) is 6.71 Å². The molecule has 2 aliphatic heterocycles. The van der Waals surface area contributed by atoms with Gasteiger partial charge in [-0.05, 0) is 143 Å². The molecule has 1 aliphatic carbocycles. The second kappa shape index (κ2) is 15.8. The number of benzene rings is 5. The third-order valence-corrected chi connectivity index (χ3v) is 16.9. The Morgan fingerprint density at radius 1 is 0.607 bits per heavy atom. The van der Waals surface area contributed by atoms with Crippen molar-refractivity contribution in [3.63, 3.8) is 0 Å². The SMILES string of the molecule is CCCCCC(C)c1ccc2sc3c(c2c1)N(c1ccc(CCCC)cc1)c1cc2c(c4c1B3c1sc3ccc(CCCC)cc3c1N4c1ccccc1)C(C)(C)CC2(C)C. The van der Waals surface area contributed by atoms with Crippen LogP contribution in [0.2, 0.25) is 0 Å². The van der Waals surface area contributed by atoms with Crippen LogP contribution in [0, 0.1) is 0 Å². The van der Waals surface area contributed by atoms with Gasteiger partial charge in [-0.15, -0.1) is 22.7 Å². The highest BCUT2D eigenvalue weighted by Crippen LogP contribution is 2.59. The standard InChI is InChI=1S/C56H63BN2S2/c1-9-12-16-19-36(4)39-27-31-47-43(33-39)50-53(61-47)57-49-45(58(50)41-28-24-37(25-29-41)20-13-10-2)34-44-48(56(7,8)35-55(44,5)6)52(49)59(40-22-17-15-18-23-40)51-42-32-38(21-14-11-3)26-30-46(42)60-54(51)57/h15,17-18,22-34,36H,9-14,16,19-21,35H2,1-8H3. The zero-order chi connectivity index (χ0) is 42.2. The summed E-state index contributed by atoms with van der Waals surface area (Å²) in [6.07, 6.45) is 13.3. The van der Waals surface area contributed by atoms with Crippen molar-refractivity contribution in [1.82, 2.24) is 0 Å². The predicted molar refractivity (Wildman–Crippen MR) is 272 cm³/mol. The van der Waals surface area contributed by atoms with Crippen molar-refractivity contribution in [2.75, 3.05) is 9.80 Å². The van der Waals surface area contributed by atoms with Crippen LogP contribution in [0.1, 0.15) is 147 Å². The van der Waals surface area contributed by atoms with Gasteiger partial charge in [0.05, 0.1) is 11.4 Å². The molecular weight excluding hydrogens is 776 g/mol. The molecule has 0 N–H and O–H groups in total. The number of anilines is 6. The first-order valence-electron chi connectivity index (χ1n) is 23.6. The van der Waals surface area contributed by atoms with Crippen molar-refractivity contribution in [3.8, 4) is 0 Å². The molecule has 1 unspecified atom stereocenters. The van der Waals surface area contributed by atoms with Gasteiger partial charge in [-0.3, -0.25) is 0 Å². The Morgan fingerprint density at radius 3 is 1.90 bits per heavy atom. The average Bonchev–Trinajstić information content (AvgIpc) is 3.88. The molecule has 2 aromatic heterocycles. The largest absolute Gasteiger partial charge is 0.310 e. The molecule has 2 nitrogen and oxygen atoms in total. The number of aryl methyl sites for hydroxylation is 2. The van der Waals surface area contributed by atoms with Crippen LogP contribution in [0.5, 0.6) is 0 Å². The Balaban J connectivity index is 1.32. The van der Waals surface area contributed by atoms with Crippen LogP contribution in [0.15, 0.2) is 97.1 Å². The first-order chi connectivity index (χ1) is 29.5. The molecule has 0 saturated heterocycles. The van der Waals surface area contributed by atoms with Gasteiger partial charge in [0.2, 0.25) is 0 Å². The van der Waals surface area contributed by atoms with Gasteiger partial charge in [0.25, 0.3) is 6.71 Å². The lowest BCUT2D eigenvalue weighted by Crippen LogP contribution is -2.60. The highest BCUT2D eigenvalue weighted by Gasteiger charge is 2.53. The monoisotopic (exact) mass is 838 g/mol. The first kappa shape index (κ1) is 40.7. The Labute approximate surface area is 374 Å². The Kier molecular flexibility index (Phi) is 10.5. The second-order valence-electron chi connectivity index (χ2n) is 20.0. The topological polar surface area (TPSA) is 6.48 Å². The van der Waals surface area contributed by atoms with Crippen LogP contribution < -0.4 is 24.8 Å². The smallest absolute Gasteiger partial charge is 0.277 e. The van der Waals surface area contributed by atoms with Gasteiger partial charge in [-0.2, -0.15) is 0 Å². The number of unbranched alkanes of at least 4 members (excludes halogenated alkanes) is 4. The molecule has 5 aromatic carbocycles. The van der Waals surface area contributed by atoms with Crippen LogP contribution in [0.4, 0.5) is 34.1 Å². The van der Waals surface area contributed by atoms with E-state index in [1.807, 2.05) is 11.3 Å². The highest BCUT2D eigenvalue weighted by molar-refractivity contribution is 7.40. The minimum atomic E-state index is -0.00853. The lowest BCUT2D eigenvalue weighted by molar-refractivity contribution is 0.403. The number of nitrogens with zero attached hydrogens (tertiary/aromatic N) is 2. The molecule has 0 spiro atoms. The molecule has 312 valence electrons. The maximum absolute atomic E-state index is 2.75. The van der Waals surface area contributed by atoms with Gasteiger partial charge in [0.1, 0.15) is 0 Å². The van der Waals surface area contributed by atoms with Crippen molar-refractivity contribution >= 4 is 98.7 Å². The van der Waals surface area contributed by atoms with Crippen molar-refractivity contribution in [1.29, 1.82) is 0 Å². The minimum absolute atomic E-state index is 0.00853. The van der Waals surface area contributed by atoms with E-state index in [1.165, 1.54) is 143 Å². The van der Waals surface area contributed by atoms with Crippen LogP contribution >= 0.6 is 22.7 Å². The van der Waals surface area contributed by atoms with Gasteiger partial charge in [-0.1, -0.05) is 130 Å². The minimum Gasteiger partial charge on any atom is -0.310 e. The Hall–Kier alpha value is -4.32. The van der Waals surface area contributed by atoms with Crippen molar-refractivity contribution < 1.29 is 0 Å². The van der Waals surface area contributed by atoms with E-state index in [4.69, 9.17) is 0 Å². The fraction of sp³-hybridized carbons (Fsp3) is 0.393. The van der Waals surface area contributed by atoms with Crippen LogP contribution in [0.3, 0.4) is 0 Å². The summed E-state index contributed by atoms with van der Waals surface area (Å²) in [4.78, 5) is 5.47. The van der Waals surface area contributed by atoms with Crippen molar-refractivity contribution in [2.24, 2.45) is 0 Å². The third-order valence-electron chi connectivity index (χ3n) is 14.5. The van der Waals surface area contributed by atoms with Crippen LogP contribution in [0.25, 0.3) is 20.2 Å². The molecular formula is C56H63BN2S2. The molecule has 61 heavy (non-hydrogen) atoms. The van der Waals surface area contributed by atoms with E-state index >= 15 is 0 Å². The summed E-state index contributed by atoms with van der Waals surface area (Å²) < 4.78 is 5.78. The van der Waals surface area contributed by atoms with Gasteiger partial charge in [0, 0.05) is 52.5 Å². The van der Waals surface area contributed by atoms with E-state index in [2.05, 4.69) is 174 Å². The number of para-hydroxylation sites is 1. The van der Waals surface area contributed by atoms with E-state index < -0.39 is 0 Å². The average molecular weight is 839 g/mol. The zero-order valence-electron chi connectivity index (χ0n) is 37.9. The molecule has 1 atom stereocenters. The number of hydrogen-bond donors (Lipinski definition) is 0. The maximum Gasteiger partial charge on any atom is 0.277 e. The molecule has 4 heterocycles. The molecule has 0 amide bonds. The molecule has 7 aromatic rings. The van der Waals surface area contributed by atoms with Gasteiger partial charge < -0.3 is 9.80 Å². The first-order valence-corrected chi connectivity index (χ1v) is 25.3.